The Morgan fingerprint density at radius 2 is 1.48 bits per heavy atom. The summed E-state index contributed by atoms with van der Waals surface area (Å²) in [4.78, 5) is 63.3. The van der Waals surface area contributed by atoms with Crippen LogP contribution >= 0.6 is 12.6 Å². The maximum Gasteiger partial charge on any atom is 0.345 e. The monoisotopic (exact) mass is 342 g/mol. The van der Waals surface area contributed by atoms with Crippen molar-refractivity contribution in [1.82, 2.24) is 9.96 Å². The third-order valence-corrected chi connectivity index (χ3v) is 4.19. The van der Waals surface area contributed by atoms with Crippen LogP contribution in [0.3, 0.4) is 0 Å². The average Bonchev–Trinajstić information content (AvgIpc) is 3.00. The van der Waals surface area contributed by atoms with Crippen molar-refractivity contribution in [2.24, 2.45) is 0 Å². The molecular weight excluding hydrogens is 324 g/mol. The lowest BCUT2D eigenvalue weighted by molar-refractivity contribution is -0.197. The molecule has 0 bridgehead atoms. The fourth-order valence-electron chi connectivity index (χ4n) is 2.41. The topological polar surface area (TPSA) is 101 Å². The van der Waals surface area contributed by atoms with Crippen LogP contribution in [0.5, 0.6) is 0 Å². The van der Waals surface area contributed by atoms with Gasteiger partial charge in [0.2, 0.25) is 11.8 Å². The molecule has 2 aliphatic heterocycles. The molecule has 2 fully saturated rings. The lowest BCUT2D eigenvalue weighted by atomic mass is 10.2. The fraction of sp³-hybridized carbons (Fsp3) is 0.643. The Hall–Kier alpha value is -1.90. The molecule has 0 aromatic heterocycles. The second-order valence-electron chi connectivity index (χ2n) is 5.44. The van der Waals surface area contributed by atoms with E-state index in [9.17, 15) is 24.0 Å². The first-order valence-corrected chi connectivity index (χ1v) is 8.00. The van der Waals surface area contributed by atoms with E-state index in [4.69, 9.17) is 4.84 Å². The molecule has 126 valence electrons. The van der Waals surface area contributed by atoms with Crippen LogP contribution in [0.15, 0.2) is 0 Å². The van der Waals surface area contributed by atoms with E-state index in [1.165, 1.54) is 4.90 Å². The molecule has 1 atom stereocenters. The molecule has 0 saturated carbocycles. The fourth-order valence-corrected chi connectivity index (χ4v) is 2.64. The molecule has 1 unspecified atom stereocenters. The number of thiol groups is 1. The number of nitrogens with zero attached hydrogens (tertiary/aromatic N) is 2. The number of hydrogen-bond donors (Lipinski definition) is 1. The molecule has 0 aromatic carbocycles. The zero-order chi connectivity index (χ0) is 17.0. The first-order valence-electron chi connectivity index (χ1n) is 7.49. The van der Waals surface area contributed by atoms with E-state index in [1.54, 1.807) is 0 Å². The van der Waals surface area contributed by atoms with Crippen LogP contribution in [0.4, 0.5) is 0 Å². The van der Waals surface area contributed by atoms with Crippen molar-refractivity contribution in [3.8, 4) is 0 Å². The van der Waals surface area contributed by atoms with Crippen LogP contribution in [0.2, 0.25) is 0 Å². The van der Waals surface area contributed by atoms with Gasteiger partial charge in [0.15, 0.2) is 0 Å². The number of hydroxylamine groups is 2. The van der Waals surface area contributed by atoms with Gasteiger partial charge in [0, 0.05) is 32.2 Å². The molecule has 23 heavy (non-hydrogen) atoms. The largest absolute Gasteiger partial charge is 0.345 e. The average molecular weight is 342 g/mol. The lowest BCUT2D eigenvalue weighted by Crippen LogP contribution is -2.35. The summed E-state index contributed by atoms with van der Waals surface area (Å²) >= 11 is 4.10. The van der Waals surface area contributed by atoms with Gasteiger partial charge in [0.05, 0.1) is 0 Å². The molecule has 0 spiro atoms. The summed E-state index contributed by atoms with van der Waals surface area (Å²) in [5.41, 5.74) is 0. The van der Waals surface area contributed by atoms with E-state index in [0.29, 0.717) is 30.9 Å². The van der Waals surface area contributed by atoms with Gasteiger partial charge in [0.25, 0.3) is 11.8 Å². The van der Waals surface area contributed by atoms with E-state index in [2.05, 4.69) is 12.6 Å². The van der Waals surface area contributed by atoms with Gasteiger partial charge in [-0.2, -0.15) is 12.6 Å². The molecule has 0 radical (unpaired) electrons. The molecular formula is C14H18N2O6S. The molecule has 8 nitrogen and oxygen atoms in total. The third-order valence-electron chi connectivity index (χ3n) is 3.72. The minimum atomic E-state index is -0.777. The number of hydrogen-bond acceptors (Lipinski definition) is 7. The highest BCUT2D eigenvalue weighted by molar-refractivity contribution is 7.81. The highest BCUT2D eigenvalue weighted by atomic mass is 32.1. The first kappa shape index (κ1) is 17.5. The standard InChI is InChI=1S/C14H18N2O6S/c17-10-4-5-11(18)15(10)8-2-1-3-9(23)14(21)22-16-12(19)6-7-13(16)20/h9,23H,1-8H2. The van der Waals surface area contributed by atoms with Crippen molar-refractivity contribution in [1.29, 1.82) is 0 Å². The van der Waals surface area contributed by atoms with Gasteiger partial charge in [-0.25, -0.2) is 4.79 Å². The number of unbranched alkanes of at least 4 members (excludes halogenated alkanes) is 1. The second kappa shape index (κ2) is 7.58. The van der Waals surface area contributed by atoms with Gasteiger partial charge < -0.3 is 4.84 Å². The van der Waals surface area contributed by atoms with Crippen LogP contribution < -0.4 is 0 Å². The highest BCUT2D eigenvalue weighted by Gasteiger charge is 2.34. The van der Waals surface area contributed by atoms with Gasteiger partial charge in [-0.3, -0.25) is 24.1 Å². The normalized spacial score (nSPS) is 19.7. The highest BCUT2D eigenvalue weighted by Crippen LogP contribution is 2.17. The van der Waals surface area contributed by atoms with E-state index >= 15 is 0 Å². The Balaban J connectivity index is 1.68. The van der Waals surface area contributed by atoms with Gasteiger partial charge in [-0.15, -0.1) is 5.06 Å². The Labute approximate surface area is 138 Å². The zero-order valence-electron chi connectivity index (χ0n) is 12.5. The first-order chi connectivity index (χ1) is 10.9. The van der Waals surface area contributed by atoms with Crippen LogP contribution in [-0.4, -0.2) is 51.4 Å². The summed E-state index contributed by atoms with van der Waals surface area (Å²) in [6, 6.07) is 0. The molecule has 2 rings (SSSR count). The van der Waals surface area contributed by atoms with Crippen LogP contribution in [-0.2, 0) is 28.8 Å². The summed E-state index contributed by atoms with van der Waals surface area (Å²) in [5.74, 6) is -2.15. The predicted octanol–water partition coefficient (Wildman–Crippen LogP) is 0.211. The molecule has 2 saturated heterocycles. The number of imide groups is 2. The smallest absolute Gasteiger partial charge is 0.329 e. The molecule has 0 N–H and O–H groups in total. The van der Waals surface area contributed by atoms with Gasteiger partial charge >= 0.3 is 5.97 Å². The van der Waals surface area contributed by atoms with Crippen molar-refractivity contribution in [3.05, 3.63) is 0 Å². The number of carbonyl (C=O) groups is 5. The summed E-state index contributed by atoms with van der Waals surface area (Å²) in [5, 5.41) is -0.284. The molecule has 9 heteroatoms. The Morgan fingerprint density at radius 3 is 2.04 bits per heavy atom. The van der Waals surface area contributed by atoms with E-state index in [-0.39, 0.29) is 37.5 Å². The predicted molar refractivity (Wildman–Crippen MR) is 79.8 cm³/mol. The Morgan fingerprint density at radius 1 is 0.957 bits per heavy atom. The summed E-state index contributed by atoms with van der Waals surface area (Å²) in [7, 11) is 0. The molecule has 2 heterocycles. The molecule has 4 amide bonds. The number of carbonyl (C=O) groups excluding carboxylic acids is 5. The summed E-state index contributed by atoms with van der Waals surface area (Å²) < 4.78 is 0. The van der Waals surface area contributed by atoms with Crippen LogP contribution in [0.25, 0.3) is 0 Å². The molecule has 2 aliphatic rings. The minimum Gasteiger partial charge on any atom is -0.329 e. The molecule has 0 aromatic rings. The third kappa shape index (κ3) is 4.31. The number of rotatable bonds is 7. The van der Waals surface area contributed by atoms with Crippen molar-refractivity contribution in [3.63, 3.8) is 0 Å². The number of amides is 4. The van der Waals surface area contributed by atoms with Gasteiger partial charge in [-0.1, -0.05) is 0 Å². The van der Waals surface area contributed by atoms with Gasteiger partial charge in [-0.05, 0) is 19.3 Å². The van der Waals surface area contributed by atoms with Crippen LogP contribution in [0.1, 0.15) is 44.9 Å². The second-order valence-corrected chi connectivity index (χ2v) is 6.07. The number of likely N-dealkylation sites (tertiary alicyclic amines) is 1. The molecule has 0 aliphatic carbocycles. The van der Waals surface area contributed by atoms with E-state index < -0.39 is 23.0 Å². The maximum absolute atomic E-state index is 11.8. The summed E-state index contributed by atoms with van der Waals surface area (Å²) in [6.45, 7) is 0.330. The Kier molecular flexibility index (Phi) is 5.75. The zero-order valence-corrected chi connectivity index (χ0v) is 13.4. The lowest BCUT2D eigenvalue weighted by Gasteiger charge is -2.16. The van der Waals surface area contributed by atoms with Crippen molar-refractivity contribution in [2.75, 3.05) is 6.54 Å². The maximum atomic E-state index is 11.8. The van der Waals surface area contributed by atoms with Crippen LogP contribution in [0, 0.1) is 0 Å². The summed E-state index contributed by atoms with van der Waals surface area (Å²) in [6.07, 6.45) is 2.08. The van der Waals surface area contributed by atoms with Gasteiger partial charge in [0.1, 0.15) is 5.25 Å². The van der Waals surface area contributed by atoms with Crippen molar-refractivity contribution >= 4 is 42.2 Å². The van der Waals surface area contributed by atoms with Crippen molar-refractivity contribution in [2.45, 2.75) is 50.2 Å². The van der Waals surface area contributed by atoms with E-state index in [1.807, 2.05) is 0 Å². The van der Waals surface area contributed by atoms with E-state index in [0.717, 1.165) is 0 Å². The quantitative estimate of drug-likeness (QED) is 0.403. The SMILES string of the molecule is O=C(ON1C(=O)CCC1=O)C(S)CCCCN1C(=O)CCC1=O. The Bertz CT molecular complexity index is 517. The minimum absolute atomic E-state index is 0.0429. The van der Waals surface area contributed by atoms with Crippen molar-refractivity contribution < 1.29 is 28.8 Å².